The van der Waals surface area contributed by atoms with Crippen molar-refractivity contribution >= 4 is 23.3 Å². The van der Waals surface area contributed by atoms with Crippen LogP contribution >= 0.6 is 0 Å². The Labute approximate surface area is 117 Å². The second-order valence-corrected chi connectivity index (χ2v) is 5.21. The molecule has 1 aliphatic heterocycles. The van der Waals surface area contributed by atoms with E-state index < -0.39 is 5.41 Å². The van der Waals surface area contributed by atoms with Crippen molar-refractivity contribution in [3.8, 4) is 0 Å². The normalized spacial score (nSPS) is 15.4. The van der Waals surface area contributed by atoms with E-state index in [9.17, 15) is 9.59 Å². The van der Waals surface area contributed by atoms with Crippen molar-refractivity contribution < 1.29 is 14.3 Å². The summed E-state index contributed by atoms with van der Waals surface area (Å²) in [7, 11) is 1.58. The number of amides is 3. The van der Waals surface area contributed by atoms with Gasteiger partial charge in [0.25, 0.3) is 0 Å². The number of fused-ring (bicyclic) bond motifs is 1. The van der Waals surface area contributed by atoms with E-state index in [-0.39, 0.29) is 11.9 Å². The largest absolute Gasteiger partial charge is 0.383 e. The Morgan fingerprint density at radius 1 is 1.40 bits per heavy atom. The Morgan fingerprint density at radius 2 is 2.15 bits per heavy atom. The van der Waals surface area contributed by atoms with E-state index in [2.05, 4.69) is 16.0 Å². The van der Waals surface area contributed by atoms with Crippen LogP contribution < -0.4 is 16.0 Å². The van der Waals surface area contributed by atoms with Crippen LogP contribution in [0.5, 0.6) is 0 Å². The zero-order valence-electron chi connectivity index (χ0n) is 11.9. The van der Waals surface area contributed by atoms with Gasteiger partial charge in [-0.3, -0.25) is 4.79 Å². The number of carbonyl (C=O) groups excluding carboxylic acids is 2. The molecule has 0 aliphatic carbocycles. The van der Waals surface area contributed by atoms with E-state index in [4.69, 9.17) is 4.74 Å². The summed E-state index contributed by atoms with van der Waals surface area (Å²) in [5, 5.41) is 8.24. The zero-order valence-corrected chi connectivity index (χ0v) is 11.9. The van der Waals surface area contributed by atoms with E-state index in [1.165, 1.54) is 0 Å². The number of methoxy groups -OCH3 is 1. The third-order valence-electron chi connectivity index (χ3n) is 3.36. The molecule has 0 saturated heterocycles. The Bertz CT molecular complexity index is 540. The van der Waals surface area contributed by atoms with E-state index in [0.29, 0.717) is 18.8 Å². The van der Waals surface area contributed by atoms with Crippen LogP contribution in [-0.4, -0.2) is 32.2 Å². The number of hydrogen-bond acceptors (Lipinski definition) is 3. The van der Waals surface area contributed by atoms with Crippen molar-refractivity contribution in [2.24, 2.45) is 0 Å². The molecule has 6 nitrogen and oxygen atoms in total. The topological polar surface area (TPSA) is 79.5 Å². The highest BCUT2D eigenvalue weighted by atomic mass is 16.5. The highest BCUT2D eigenvalue weighted by molar-refractivity contribution is 6.06. The molecular formula is C14H19N3O3. The van der Waals surface area contributed by atoms with Gasteiger partial charge in [0, 0.05) is 25.0 Å². The number of carbonyl (C=O) groups is 2. The quantitative estimate of drug-likeness (QED) is 0.733. The lowest BCUT2D eigenvalue weighted by atomic mass is 9.86. The summed E-state index contributed by atoms with van der Waals surface area (Å²) >= 11 is 0. The number of urea groups is 1. The van der Waals surface area contributed by atoms with E-state index in [0.717, 1.165) is 11.3 Å². The second-order valence-electron chi connectivity index (χ2n) is 5.21. The number of anilines is 2. The van der Waals surface area contributed by atoms with E-state index in [1.807, 2.05) is 19.9 Å². The first-order valence-electron chi connectivity index (χ1n) is 6.45. The van der Waals surface area contributed by atoms with Crippen molar-refractivity contribution in [1.82, 2.24) is 5.32 Å². The van der Waals surface area contributed by atoms with Gasteiger partial charge in [-0.1, -0.05) is 0 Å². The lowest BCUT2D eigenvalue weighted by Gasteiger charge is -2.16. The smallest absolute Gasteiger partial charge is 0.319 e. The molecule has 2 rings (SSSR count). The third kappa shape index (κ3) is 2.75. The molecule has 3 amide bonds. The fourth-order valence-corrected chi connectivity index (χ4v) is 2.09. The minimum Gasteiger partial charge on any atom is -0.383 e. The van der Waals surface area contributed by atoms with Crippen LogP contribution in [0.25, 0.3) is 0 Å². The molecule has 0 bridgehead atoms. The Balaban J connectivity index is 2.07. The van der Waals surface area contributed by atoms with Gasteiger partial charge in [0.1, 0.15) is 0 Å². The molecule has 20 heavy (non-hydrogen) atoms. The van der Waals surface area contributed by atoms with Gasteiger partial charge >= 0.3 is 6.03 Å². The first-order chi connectivity index (χ1) is 9.45. The number of nitrogens with one attached hydrogen (secondary N) is 3. The molecule has 1 aromatic carbocycles. The van der Waals surface area contributed by atoms with E-state index >= 15 is 0 Å². The molecule has 0 fully saturated rings. The molecule has 1 aromatic rings. The Hall–Kier alpha value is -2.08. The summed E-state index contributed by atoms with van der Waals surface area (Å²) in [4.78, 5) is 23.5. The minimum absolute atomic E-state index is 0.0332. The van der Waals surface area contributed by atoms with Crippen LogP contribution in [0.4, 0.5) is 16.2 Å². The van der Waals surface area contributed by atoms with Crippen molar-refractivity contribution in [1.29, 1.82) is 0 Å². The van der Waals surface area contributed by atoms with Gasteiger partial charge < -0.3 is 20.7 Å². The van der Waals surface area contributed by atoms with Gasteiger partial charge in [-0.2, -0.15) is 0 Å². The van der Waals surface area contributed by atoms with Crippen molar-refractivity contribution in [3.63, 3.8) is 0 Å². The highest BCUT2D eigenvalue weighted by Crippen LogP contribution is 2.38. The summed E-state index contributed by atoms with van der Waals surface area (Å²) < 4.78 is 4.85. The molecule has 6 heteroatoms. The van der Waals surface area contributed by atoms with Crippen molar-refractivity contribution in [3.05, 3.63) is 23.8 Å². The van der Waals surface area contributed by atoms with Crippen LogP contribution in [0.1, 0.15) is 19.4 Å². The number of rotatable bonds is 4. The molecule has 0 aromatic heterocycles. The molecule has 0 radical (unpaired) electrons. The molecule has 0 unspecified atom stereocenters. The Morgan fingerprint density at radius 3 is 2.85 bits per heavy atom. The van der Waals surface area contributed by atoms with Crippen LogP contribution in [0.15, 0.2) is 18.2 Å². The fourth-order valence-electron chi connectivity index (χ4n) is 2.09. The maximum atomic E-state index is 11.8. The third-order valence-corrected chi connectivity index (χ3v) is 3.36. The maximum Gasteiger partial charge on any atom is 0.319 e. The average Bonchev–Trinajstić information content (AvgIpc) is 2.61. The van der Waals surface area contributed by atoms with Crippen LogP contribution in [-0.2, 0) is 14.9 Å². The first kappa shape index (κ1) is 14.3. The Kier molecular flexibility index (Phi) is 3.94. The molecule has 1 heterocycles. The zero-order chi connectivity index (χ0) is 14.8. The van der Waals surface area contributed by atoms with Gasteiger partial charge in [0.15, 0.2) is 0 Å². The van der Waals surface area contributed by atoms with Crippen LogP contribution in [0.2, 0.25) is 0 Å². The SMILES string of the molecule is COCCNC(=O)Nc1ccc2c(c1)C(C)(C)C(=O)N2. The number of ether oxygens (including phenoxy) is 1. The number of benzene rings is 1. The summed E-state index contributed by atoms with van der Waals surface area (Å²) in [6.07, 6.45) is 0. The predicted molar refractivity (Wildman–Crippen MR) is 77.0 cm³/mol. The minimum atomic E-state index is -0.584. The number of hydrogen-bond donors (Lipinski definition) is 3. The maximum absolute atomic E-state index is 11.8. The van der Waals surface area contributed by atoms with Crippen LogP contribution in [0, 0.1) is 0 Å². The lowest BCUT2D eigenvalue weighted by Crippen LogP contribution is -2.31. The summed E-state index contributed by atoms with van der Waals surface area (Å²) in [6.45, 7) is 4.62. The van der Waals surface area contributed by atoms with Gasteiger partial charge in [0.2, 0.25) is 5.91 Å². The molecule has 1 aliphatic rings. The molecule has 3 N–H and O–H groups in total. The monoisotopic (exact) mass is 277 g/mol. The molecular weight excluding hydrogens is 258 g/mol. The van der Waals surface area contributed by atoms with Gasteiger partial charge in [-0.15, -0.1) is 0 Å². The summed E-state index contributed by atoms with van der Waals surface area (Å²) in [5.41, 5.74) is 1.75. The summed E-state index contributed by atoms with van der Waals surface area (Å²) in [6, 6.07) is 5.09. The molecule has 108 valence electrons. The van der Waals surface area contributed by atoms with E-state index in [1.54, 1.807) is 19.2 Å². The van der Waals surface area contributed by atoms with Crippen molar-refractivity contribution in [2.45, 2.75) is 19.3 Å². The van der Waals surface area contributed by atoms with Gasteiger partial charge in [-0.25, -0.2) is 4.79 Å². The highest BCUT2D eigenvalue weighted by Gasteiger charge is 2.38. The van der Waals surface area contributed by atoms with Gasteiger partial charge in [-0.05, 0) is 37.6 Å². The van der Waals surface area contributed by atoms with Crippen LogP contribution in [0.3, 0.4) is 0 Å². The fraction of sp³-hybridized carbons (Fsp3) is 0.429. The average molecular weight is 277 g/mol. The summed E-state index contributed by atoms with van der Waals surface area (Å²) in [5.74, 6) is -0.0332. The molecule has 0 atom stereocenters. The predicted octanol–water partition coefficient (Wildman–Crippen LogP) is 1.68. The second kappa shape index (κ2) is 5.50. The first-order valence-corrected chi connectivity index (χ1v) is 6.45. The molecule has 0 saturated carbocycles. The van der Waals surface area contributed by atoms with Crippen molar-refractivity contribution in [2.75, 3.05) is 30.9 Å². The standard InChI is InChI=1S/C14H19N3O3/c1-14(2)10-8-9(4-5-11(10)17-12(14)18)16-13(19)15-6-7-20-3/h4-5,8H,6-7H2,1-3H3,(H,17,18)(H2,15,16,19). The molecule has 0 spiro atoms. The van der Waals surface area contributed by atoms with Gasteiger partial charge in [0.05, 0.1) is 12.0 Å². The lowest BCUT2D eigenvalue weighted by molar-refractivity contribution is -0.119.